The van der Waals surface area contributed by atoms with Gasteiger partial charge in [0.2, 0.25) is 0 Å². The zero-order chi connectivity index (χ0) is 15.7. The number of thioether (sulfide) groups is 2. The third-order valence-electron chi connectivity index (χ3n) is 3.15. The van der Waals surface area contributed by atoms with Crippen LogP contribution in [-0.4, -0.2) is 36.8 Å². The number of aryl methyl sites for hydroxylation is 1. The zero-order valence-electron chi connectivity index (χ0n) is 14.1. The third-order valence-corrected chi connectivity index (χ3v) is 4.94. The normalized spacial score (nSPS) is 12.5. The van der Waals surface area contributed by atoms with Crippen LogP contribution < -0.4 is 10.6 Å². The number of halogens is 1. The van der Waals surface area contributed by atoms with E-state index in [1.54, 1.807) is 11.8 Å². The molecule has 3 nitrogen and oxygen atoms in total. The van der Waals surface area contributed by atoms with E-state index in [0.29, 0.717) is 11.8 Å². The summed E-state index contributed by atoms with van der Waals surface area (Å²) in [5.41, 5.74) is 2.58. The van der Waals surface area contributed by atoms with Crippen molar-refractivity contribution in [3.8, 4) is 0 Å². The molecule has 1 aromatic rings. The van der Waals surface area contributed by atoms with Crippen LogP contribution in [0.2, 0.25) is 0 Å². The number of rotatable bonds is 7. The van der Waals surface area contributed by atoms with Crippen LogP contribution in [0, 0.1) is 6.92 Å². The summed E-state index contributed by atoms with van der Waals surface area (Å²) in [6.07, 6.45) is 4.25. The first-order valence-electron chi connectivity index (χ1n) is 7.29. The molecule has 1 unspecified atom stereocenters. The fourth-order valence-corrected chi connectivity index (χ4v) is 2.76. The fraction of sp³-hybridized carbons (Fsp3) is 0.562. The van der Waals surface area contributed by atoms with Gasteiger partial charge in [0.1, 0.15) is 0 Å². The van der Waals surface area contributed by atoms with Crippen molar-refractivity contribution in [2.45, 2.75) is 37.5 Å². The van der Waals surface area contributed by atoms with E-state index in [-0.39, 0.29) is 24.0 Å². The minimum atomic E-state index is 0. The Morgan fingerprint density at radius 3 is 2.59 bits per heavy atom. The molecule has 1 rings (SSSR count). The Hall–Kier alpha value is -0.0800. The molecular formula is C16H28IN3S2. The Morgan fingerprint density at radius 1 is 1.27 bits per heavy atom. The summed E-state index contributed by atoms with van der Waals surface area (Å²) in [5.74, 6) is 0.894. The average molecular weight is 453 g/mol. The Bertz CT molecular complexity index is 467. The van der Waals surface area contributed by atoms with Crippen LogP contribution in [0.25, 0.3) is 0 Å². The summed E-state index contributed by atoms with van der Waals surface area (Å²) in [7, 11) is 0. The standard InChI is InChI=1S/C16H27N3S2.HI/c1-6-17-16(18-10-13(3)20-4)19-11-14-8-7-12(2)9-15(14)21-5;/h7-9,13H,6,10-11H2,1-5H3,(H2,17,18,19);1H. The Kier molecular flexibility index (Phi) is 12.3. The summed E-state index contributed by atoms with van der Waals surface area (Å²) >= 11 is 3.64. The highest BCUT2D eigenvalue weighted by Gasteiger charge is 2.04. The van der Waals surface area contributed by atoms with Crippen molar-refractivity contribution in [3.63, 3.8) is 0 Å². The van der Waals surface area contributed by atoms with Gasteiger partial charge in [0, 0.05) is 23.2 Å². The van der Waals surface area contributed by atoms with Gasteiger partial charge in [0.05, 0.1) is 6.54 Å². The lowest BCUT2D eigenvalue weighted by molar-refractivity contribution is 0.794. The van der Waals surface area contributed by atoms with Crippen LogP contribution in [0.3, 0.4) is 0 Å². The van der Waals surface area contributed by atoms with Crippen molar-refractivity contribution in [1.82, 2.24) is 10.6 Å². The van der Waals surface area contributed by atoms with E-state index >= 15 is 0 Å². The van der Waals surface area contributed by atoms with E-state index in [9.17, 15) is 0 Å². The summed E-state index contributed by atoms with van der Waals surface area (Å²) in [6.45, 7) is 8.95. The molecule has 0 aliphatic rings. The maximum Gasteiger partial charge on any atom is 0.191 e. The fourth-order valence-electron chi connectivity index (χ4n) is 1.81. The van der Waals surface area contributed by atoms with Gasteiger partial charge >= 0.3 is 0 Å². The molecule has 0 aromatic heterocycles. The molecule has 1 aromatic carbocycles. The minimum absolute atomic E-state index is 0. The predicted octanol–water partition coefficient (Wildman–Crippen LogP) is 4.14. The zero-order valence-corrected chi connectivity index (χ0v) is 18.1. The molecule has 0 aliphatic carbocycles. The number of nitrogens with one attached hydrogen (secondary N) is 2. The summed E-state index contributed by atoms with van der Waals surface area (Å²) in [6, 6.07) is 6.56. The first-order chi connectivity index (χ1) is 10.1. The second-order valence-electron chi connectivity index (χ2n) is 4.94. The topological polar surface area (TPSA) is 36.4 Å². The van der Waals surface area contributed by atoms with E-state index < -0.39 is 0 Å². The maximum atomic E-state index is 4.70. The van der Waals surface area contributed by atoms with E-state index in [1.165, 1.54) is 16.0 Å². The van der Waals surface area contributed by atoms with Gasteiger partial charge in [0.15, 0.2) is 5.96 Å². The molecule has 0 amide bonds. The van der Waals surface area contributed by atoms with Gasteiger partial charge in [-0.25, -0.2) is 4.99 Å². The SMILES string of the molecule is CCNC(=NCc1ccc(C)cc1SC)NCC(C)SC.I. The summed E-state index contributed by atoms with van der Waals surface area (Å²) in [4.78, 5) is 6.01. The van der Waals surface area contributed by atoms with Gasteiger partial charge in [-0.05, 0) is 43.6 Å². The molecule has 0 radical (unpaired) electrons. The van der Waals surface area contributed by atoms with Crippen molar-refractivity contribution < 1.29 is 0 Å². The van der Waals surface area contributed by atoms with Crippen molar-refractivity contribution in [2.75, 3.05) is 25.6 Å². The number of guanidine groups is 1. The highest BCUT2D eigenvalue weighted by molar-refractivity contribution is 14.0. The number of nitrogens with zero attached hydrogens (tertiary/aromatic N) is 1. The van der Waals surface area contributed by atoms with Gasteiger partial charge in [-0.3, -0.25) is 0 Å². The molecule has 0 fully saturated rings. The molecule has 0 saturated carbocycles. The lowest BCUT2D eigenvalue weighted by atomic mass is 10.1. The Balaban J connectivity index is 0.00000441. The lowest BCUT2D eigenvalue weighted by Crippen LogP contribution is -2.40. The number of hydrogen-bond acceptors (Lipinski definition) is 3. The van der Waals surface area contributed by atoms with Gasteiger partial charge < -0.3 is 10.6 Å². The average Bonchev–Trinajstić information content (AvgIpc) is 2.50. The van der Waals surface area contributed by atoms with Crippen molar-refractivity contribution >= 4 is 53.5 Å². The monoisotopic (exact) mass is 453 g/mol. The largest absolute Gasteiger partial charge is 0.357 e. The van der Waals surface area contributed by atoms with E-state index in [1.807, 2.05) is 11.8 Å². The molecule has 0 saturated heterocycles. The molecular weight excluding hydrogens is 425 g/mol. The van der Waals surface area contributed by atoms with Crippen molar-refractivity contribution in [2.24, 2.45) is 4.99 Å². The summed E-state index contributed by atoms with van der Waals surface area (Å²) < 4.78 is 0. The highest BCUT2D eigenvalue weighted by atomic mass is 127. The van der Waals surface area contributed by atoms with Crippen LogP contribution in [0.15, 0.2) is 28.1 Å². The van der Waals surface area contributed by atoms with E-state index in [4.69, 9.17) is 4.99 Å². The molecule has 0 heterocycles. The highest BCUT2D eigenvalue weighted by Crippen LogP contribution is 2.22. The lowest BCUT2D eigenvalue weighted by Gasteiger charge is -2.14. The van der Waals surface area contributed by atoms with Gasteiger partial charge in [-0.2, -0.15) is 11.8 Å². The Morgan fingerprint density at radius 2 is 2.00 bits per heavy atom. The molecule has 126 valence electrons. The van der Waals surface area contributed by atoms with E-state index in [2.05, 4.69) is 62.1 Å². The van der Waals surface area contributed by atoms with Gasteiger partial charge in [-0.15, -0.1) is 35.7 Å². The first-order valence-corrected chi connectivity index (χ1v) is 9.80. The minimum Gasteiger partial charge on any atom is -0.357 e. The maximum absolute atomic E-state index is 4.70. The molecule has 2 N–H and O–H groups in total. The van der Waals surface area contributed by atoms with Crippen LogP contribution >= 0.6 is 47.5 Å². The number of benzene rings is 1. The van der Waals surface area contributed by atoms with E-state index in [0.717, 1.165) is 19.0 Å². The second kappa shape index (κ2) is 12.4. The molecule has 0 aliphatic heterocycles. The van der Waals surface area contributed by atoms with Crippen LogP contribution in [0.4, 0.5) is 0 Å². The van der Waals surface area contributed by atoms with Crippen molar-refractivity contribution in [3.05, 3.63) is 29.3 Å². The van der Waals surface area contributed by atoms with Crippen molar-refractivity contribution in [1.29, 1.82) is 0 Å². The first kappa shape index (κ1) is 21.9. The molecule has 0 spiro atoms. The summed E-state index contributed by atoms with van der Waals surface area (Å²) in [5, 5.41) is 7.28. The third kappa shape index (κ3) is 7.97. The second-order valence-corrected chi connectivity index (χ2v) is 7.06. The van der Waals surface area contributed by atoms with Gasteiger partial charge in [-0.1, -0.05) is 19.1 Å². The molecule has 22 heavy (non-hydrogen) atoms. The van der Waals surface area contributed by atoms with Gasteiger partial charge in [0.25, 0.3) is 0 Å². The van der Waals surface area contributed by atoms with Crippen LogP contribution in [0.5, 0.6) is 0 Å². The molecule has 6 heteroatoms. The molecule has 1 atom stereocenters. The van der Waals surface area contributed by atoms with Crippen LogP contribution in [-0.2, 0) is 6.54 Å². The number of aliphatic imine (C=N–C) groups is 1. The predicted molar refractivity (Wildman–Crippen MR) is 114 cm³/mol. The number of hydrogen-bond donors (Lipinski definition) is 2. The smallest absolute Gasteiger partial charge is 0.191 e. The Labute approximate surface area is 160 Å². The molecule has 0 bridgehead atoms. The van der Waals surface area contributed by atoms with Crippen LogP contribution in [0.1, 0.15) is 25.0 Å². The quantitative estimate of drug-likeness (QED) is 0.282.